The van der Waals surface area contributed by atoms with Gasteiger partial charge in [-0.25, -0.2) is 0 Å². The van der Waals surface area contributed by atoms with E-state index in [2.05, 4.69) is 0 Å². The van der Waals surface area contributed by atoms with Crippen LogP contribution in [0, 0.1) is 0 Å². The Bertz CT molecular complexity index is 115. The Kier molecular flexibility index (Phi) is 1.69. The van der Waals surface area contributed by atoms with E-state index in [-0.39, 0.29) is 15.3 Å². The Hall–Kier alpha value is -0.0405. The number of allylic oxidation sites excluding steroid dienone is 4. The molecule has 0 saturated carbocycles. The molecule has 0 aromatic rings. The van der Waals surface area contributed by atoms with Gasteiger partial charge < -0.3 is 0 Å². The van der Waals surface area contributed by atoms with E-state index in [1.165, 1.54) is 0 Å². The SMILES string of the molecule is [OH][FeH][C]1=CC=CC1. The summed E-state index contributed by atoms with van der Waals surface area (Å²) in [4.78, 5) is 0. The van der Waals surface area contributed by atoms with Crippen LogP contribution in [-0.4, -0.2) is 4.19 Å². The standard InChI is InChI=1S/C5H5.Fe.H2O.H/c1-2-4-5-3-1;;;/h1-3H,4H2;;1H2;/q;+1;;/p-1. The maximum absolute atomic E-state index is 8.49. The van der Waals surface area contributed by atoms with Gasteiger partial charge in [-0.3, -0.25) is 0 Å². The fraction of sp³-hybridized carbons (Fsp3) is 0.200. The first-order chi connectivity index (χ1) is 3.43. The van der Waals surface area contributed by atoms with E-state index < -0.39 is 0 Å². The molecule has 7 heavy (non-hydrogen) atoms. The monoisotopic (exact) mass is 139 g/mol. The summed E-state index contributed by atoms with van der Waals surface area (Å²) >= 11 is -0.0156. The molecule has 1 N–H and O–H groups in total. The molecule has 0 unspecified atom stereocenters. The molecule has 0 heterocycles. The van der Waals surface area contributed by atoms with Crippen LogP contribution in [0.15, 0.2) is 22.7 Å². The minimum absolute atomic E-state index is 0.0156. The summed E-state index contributed by atoms with van der Waals surface area (Å²) in [6.07, 6.45) is 6.93. The van der Waals surface area contributed by atoms with Crippen LogP contribution in [0.2, 0.25) is 0 Å². The fourth-order valence-corrected chi connectivity index (χ4v) is 0.932. The van der Waals surface area contributed by atoms with Gasteiger partial charge in [0.2, 0.25) is 0 Å². The van der Waals surface area contributed by atoms with Gasteiger partial charge in [-0.1, -0.05) is 0 Å². The molecule has 0 fully saturated rings. The van der Waals surface area contributed by atoms with E-state index in [1.54, 1.807) is 0 Å². The second kappa shape index (κ2) is 2.31. The van der Waals surface area contributed by atoms with E-state index >= 15 is 0 Å². The first-order valence-electron chi connectivity index (χ1n) is 2.08. The van der Waals surface area contributed by atoms with Crippen molar-refractivity contribution < 1.29 is 19.5 Å². The summed E-state index contributed by atoms with van der Waals surface area (Å²) in [5.74, 6) is 0. The maximum atomic E-state index is 8.49. The fourth-order valence-electron chi connectivity index (χ4n) is 0.484. The first-order valence-corrected chi connectivity index (χ1v) is 3.19. The molecule has 0 aromatic heterocycles. The summed E-state index contributed by atoms with van der Waals surface area (Å²) in [6, 6.07) is 0. The molecular formula is C5H7FeO. The number of hydrogen-bond donors (Lipinski definition) is 1. The molecule has 0 aromatic carbocycles. The molecule has 0 spiro atoms. The van der Waals surface area contributed by atoms with Crippen LogP contribution in [0.1, 0.15) is 6.42 Å². The molecule has 41 valence electrons. The zero-order valence-electron chi connectivity index (χ0n) is 3.76. The summed E-state index contributed by atoms with van der Waals surface area (Å²) in [7, 11) is 0. The van der Waals surface area contributed by atoms with E-state index in [4.69, 9.17) is 4.19 Å². The second-order valence-corrected chi connectivity index (χ2v) is 2.35. The zero-order chi connectivity index (χ0) is 5.11. The van der Waals surface area contributed by atoms with Crippen molar-refractivity contribution in [3.8, 4) is 0 Å². The quantitative estimate of drug-likeness (QED) is 0.526. The third-order valence-electron chi connectivity index (χ3n) is 0.835. The van der Waals surface area contributed by atoms with Crippen LogP contribution in [0.3, 0.4) is 0 Å². The molecule has 0 aliphatic heterocycles. The zero-order valence-corrected chi connectivity index (χ0v) is 4.94. The summed E-state index contributed by atoms with van der Waals surface area (Å²) < 4.78 is 9.63. The molecule has 1 rings (SSSR count). The number of hydrogen-bond acceptors (Lipinski definition) is 1. The summed E-state index contributed by atoms with van der Waals surface area (Å²) in [5, 5.41) is 0. The first kappa shape index (κ1) is 5.10. The van der Waals surface area contributed by atoms with Gasteiger partial charge in [0, 0.05) is 0 Å². The van der Waals surface area contributed by atoms with Gasteiger partial charge in [0.05, 0.1) is 0 Å². The van der Waals surface area contributed by atoms with Gasteiger partial charge >= 0.3 is 48.6 Å². The Labute approximate surface area is 49.2 Å². The second-order valence-electron chi connectivity index (χ2n) is 1.33. The third-order valence-corrected chi connectivity index (χ3v) is 1.61. The molecule has 0 radical (unpaired) electrons. The topological polar surface area (TPSA) is 20.2 Å². The Morgan fingerprint density at radius 2 is 2.57 bits per heavy atom. The molecule has 0 bridgehead atoms. The van der Waals surface area contributed by atoms with Crippen LogP contribution >= 0.6 is 0 Å². The van der Waals surface area contributed by atoms with Crippen molar-refractivity contribution >= 4 is 0 Å². The van der Waals surface area contributed by atoms with Crippen LogP contribution in [-0.2, 0) is 15.3 Å². The van der Waals surface area contributed by atoms with Crippen LogP contribution < -0.4 is 0 Å². The van der Waals surface area contributed by atoms with Crippen LogP contribution in [0.5, 0.6) is 0 Å². The van der Waals surface area contributed by atoms with E-state index in [0.29, 0.717) is 0 Å². The molecule has 0 atom stereocenters. The Morgan fingerprint density at radius 3 is 2.86 bits per heavy atom. The van der Waals surface area contributed by atoms with Gasteiger partial charge in [0.15, 0.2) is 0 Å². The van der Waals surface area contributed by atoms with Crippen molar-refractivity contribution in [2.75, 3.05) is 0 Å². The normalized spacial score (nSPS) is 18.1. The van der Waals surface area contributed by atoms with Gasteiger partial charge in [-0.15, -0.1) is 0 Å². The predicted octanol–water partition coefficient (Wildman–Crippen LogP) is 0.552. The molecule has 1 nitrogen and oxygen atoms in total. The summed E-state index contributed by atoms with van der Waals surface area (Å²) in [5.41, 5.74) is 0. The van der Waals surface area contributed by atoms with Crippen molar-refractivity contribution in [1.82, 2.24) is 0 Å². The van der Waals surface area contributed by atoms with Gasteiger partial charge in [0.1, 0.15) is 0 Å². The van der Waals surface area contributed by atoms with Gasteiger partial charge in [-0.05, 0) is 0 Å². The van der Waals surface area contributed by atoms with Crippen LogP contribution in [0.25, 0.3) is 0 Å². The molecule has 2 heteroatoms. The minimum atomic E-state index is -0.0156. The van der Waals surface area contributed by atoms with Crippen molar-refractivity contribution in [2.45, 2.75) is 6.42 Å². The van der Waals surface area contributed by atoms with Crippen molar-refractivity contribution in [3.63, 3.8) is 0 Å². The Morgan fingerprint density at radius 1 is 1.71 bits per heavy atom. The third kappa shape index (κ3) is 1.16. The van der Waals surface area contributed by atoms with Crippen molar-refractivity contribution in [1.29, 1.82) is 0 Å². The average molecular weight is 139 g/mol. The molecular weight excluding hydrogens is 132 g/mol. The average Bonchev–Trinajstić information content (AvgIpc) is 2.14. The van der Waals surface area contributed by atoms with Gasteiger partial charge in [0.25, 0.3) is 0 Å². The van der Waals surface area contributed by atoms with Crippen molar-refractivity contribution in [2.24, 2.45) is 0 Å². The van der Waals surface area contributed by atoms with Crippen LogP contribution in [0.4, 0.5) is 0 Å². The molecule has 1 aliphatic carbocycles. The molecule has 0 amide bonds. The Balaban J connectivity index is 2.45. The molecule has 0 saturated heterocycles. The summed E-state index contributed by atoms with van der Waals surface area (Å²) in [6.45, 7) is 0. The van der Waals surface area contributed by atoms with E-state index in [0.717, 1.165) is 10.9 Å². The molecule has 1 aliphatic rings. The van der Waals surface area contributed by atoms with E-state index in [9.17, 15) is 0 Å². The van der Waals surface area contributed by atoms with Gasteiger partial charge in [-0.2, -0.15) is 0 Å². The predicted molar refractivity (Wildman–Crippen MR) is 25.5 cm³/mol. The van der Waals surface area contributed by atoms with E-state index in [1.807, 2.05) is 18.2 Å². The number of rotatable bonds is 1. The van der Waals surface area contributed by atoms with Crippen molar-refractivity contribution in [3.05, 3.63) is 22.7 Å².